The van der Waals surface area contributed by atoms with Gasteiger partial charge in [-0.25, -0.2) is 13.6 Å². The molecule has 0 bridgehead atoms. The Morgan fingerprint density at radius 1 is 0.926 bits per heavy atom. The van der Waals surface area contributed by atoms with Gasteiger partial charge in [0.2, 0.25) is 0 Å². The van der Waals surface area contributed by atoms with Crippen molar-refractivity contribution in [3.05, 3.63) is 66.4 Å². The number of hydrogen-bond acceptors (Lipinski definition) is 3. The summed E-state index contributed by atoms with van der Waals surface area (Å²) < 4.78 is 26.4. The van der Waals surface area contributed by atoms with E-state index in [1.807, 2.05) is 6.07 Å². The van der Waals surface area contributed by atoms with Crippen LogP contribution >= 0.6 is 0 Å². The third-order valence-electron chi connectivity index (χ3n) is 4.68. The first-order valence-electron chi connectivity index (χ1n) is 8.71. The number of nitrogens with zero attached hydrogens (tertiary/aromatic N) is 3. The second kappa shape index (κ2) is 7.19. The molecular weight excluding hydrogens is 350 g/mol. The van der Waals surface area contributed by atoms with Gasteiger partial charge in [-0.15, -0.1) is 0 Å². The van der Waals surface area contributed by atoms with E-state index in [9.17, 15) is 13.6 Å². The van der Waals surface area contributed by atoms with E-state index in [0.29, 0.717) is 37.4 Å². The molecule has 0 unspecified atom stereocenters. The van der Waals surface area contributed by atoms with Crippen LogP contribution in [-0.4, -0.2) is 42.1 Å². The van der Waals surface area contributed by atoms with E-state index >= 15 is 0 Å². The van der Waals surface area contributed by atoms with Crippen molar-refractivity contribution in [2.24, 2.45) is 0 Å². The number of fused-ring (bicyclic) bond motifs is 1. The highest BCUT2D eigenvalue weighted by Crippen LogP contribution is 2.26. The fourth-order valence-electron chi connectivity index (χ4n) is 3.27. The second-order valence-corrected chi connectivity index (χ2v) is 6.40. The molecule has 1 aliphatic heterocycles. The van der Waals surface area contributed by atoms with Crippen molar-refractivity contribution < 1.29 is 13.6 Å². The molecule has 2 aromatic carbocycles. The van der Waals surface area contributed by atoms with Crippen molar-refractivity contribution >= 4 is 28.3 Å². The third kappa shape index (κ3) is 3.67. The number of aromatic nitrogens is 1. The number of pyridine rings is 1. The number of benzene rings is 2. The molecule has 1 saturated heterocycles. The molecule has 0 aliphatic carbocycles. The minimum atomic E-state index is -0.342. The summed E-state index contributed by atoms with van der Waals surface area (Å²) in [6.07, 6.45) is 1.67. The fourth-order valence-corrected chi connectivity index (χ4v) is 3.27. The first-order chi connectivity index (χ1) is 13.1. The standard InChI is InChI=1S/C20H18F2N4O/c21-14-1-4-16(5-2-14)24-20(27)26-11-9-25(10-12-26)19-7-8-23-18-13-15(22)3-6-17(18)19/h1-8,13H,9-12H2,(H,24,27). The number of carbonyl (C=O) groups excluding carboxylic acids is 1. The second-order valence-electron chi connectivity index (χ2n) is 6.40. The van der Waals surface area contributed by atoms with Gasteiger partial charge in [0.05, 0.1) is 5.52 Å². The van der Waals surface area contributed by atoms with Gasteiger partial charge in [0, 0.05) is 55.2 Å². The molecular formula is C20H18F2N4O. The lowest BCUT2D eigenvalue weighted by atomic mass is 10.1. The number of piperazine rings is 1. The van der Waals surface area contributed by atoms with Crippen LogP contribution in [0.1, 0.15) is 0 Å². The molecule has 2 amide bonds. The number of nitrogens with one attached hydrogen (secondary N) is 1. The molecule has 0 atom stereocenters. The summed E-state index contributed by atoms with van der Waals surface area (Å²) in [5, 5.41) is 3.67. The van der Waals surface area contributed by atoms with E-state index in [1.165, 1.54) is 36.4 Å². The first-order valence-corrected chi connectivity index (χ1v) is 8.71. The van der Waals surface area contributed by atoms with Crippen molar-refractivity contribution in [2.75, 3.05) is 36.4 Å². The van der Waals surface area contributed by atoms with Crippen molar-refractivity contribution in [2.45, 2.75) is 0 Å². The van der Waals surface area contributed by atoms with Gasteiger partial charge in [0.1, 0.15) is 11.6 Å². The van der Waals surface area contributed by atoms with Crippen LogP contribution in [0, 0.1) is 11.6 Å². The number of hydrogen-bond donors (Lipinski definition) is 1. The number of urea groups is 1. The van der Waals surface area contributed by atoms with Crippen LogP contribution in [0.4, 0.5) is 25.0 Å². The van der Waals surface area contributed by atoms with E-state index in [-0.39, 0.29) is 17.7 Å². The molecule has 0 spiro atoms. The molecule has 1 aromatic heterocycles. The SMILES string of the molecule is O=C(Nc1ccc(F)cc1)N1CCN(c2ccnc3cc(F)ccc23)CC1. The quantitative estimate of drug-likeness (QED) is 0.747. The summed E-state index contributed by atoms with van der Waals surface area (Å²) in [5.74, 6) is -0.652. The maximum atomic E-state index is 13.4. The van der Waals surface area contributed by atoms with E-state index in [2.05, 4.69) is 15.2 Å². The zero-order chi connectivity index (χ0) is 18.8. The molecule has 27 heavy (non-hydrogen) atoms. The Kier molecular flexibility index (Phi) is 4.58. The van der Waals surface area contributed by atoms with E-state index in [1.54, 1.807) is 17.2 Å². The van der Waals surface area contributed by atoms with Crippen LogP contribution < -0.4 is 10.2 Å². The van der Waals surface area contributed by atoms with E-state index < -0.39 is 0 Å². The smallest absolute Gasteiger partial charge is 0.321 e. The Labute approximate surface area is 155 Å². The Morgan fingerprint density at radius 2 is 1.63 bits per heavy atom. The Hall–Kier alpha value is -3.22. The zero-order valence-corrected chi connectivity index (χ0v) is 14.5. The van der Waals surface area contributed by atoms with Gasteiger partial charge in [-0.2, -0.15) is 0 Å². The lowest BCUT2D eigenvalue weighted by Gasteiger charge is -2.36. The molecule has 5 nitrogen and oxygen atoms in total. The molecule has 1 N–H and O–H groups in total. The number of amides is 2. The number of anilines is 2. The molecule has 4 rings (SSSR count). The number of carbonyl (C=O) groups is 1. The van der Waals surface area contributed by atoms with Crippen LogP contribution in [0.2, 0.25) is 0 Å². The molecule has 0 saturated carbocycles. The van der Waals surface area contributed by atoms with Gasteiger partial charge in [-0.3, -0.25) is 4.98 Å². The maximum absolute atomic E-state index is 13.4. The lowest BCUT2D eigenvalue weighted by molar-refractivity contribution is 0.208. The van der Waals surface area contributed by atoms with E-state index in [0.717, 1.165) is 11.1 Å². The largest absolute Gasteiger partial charge is 0.367 e. The number of halogens is 2. The van der Waals surface area contributed by atoms with Gasteiger partial charge < -0.3 is 15.1 Å². The van der Waals surface area contributed by atoms with Crippen LogP contribution in [0.5, 0.6) is 0 Å². The summed E-state index contributed by atoms with van der Waals surface area (Å²) in [7, 11) is 0. The van der Waals surface area contributed by atoms with Gasteiger partial charge >= 0.3 is 6.03 Å². The fraction of sp³-hybridized carbons (Fsp3) is 0.200. The highest BCUT2D eigenvalue weighted by molar-refractivity contribution is 5.92. The van der Waals surface area contributed by atoms with Crippen LogP contribution in [0.15, 0.2) is 54.7 Å². The molecule has 0 radical (unpaired) electrons. The zero-order valence-electron chi connectivity index (χ0n) is 14.5. The summed E-state index contributed by atoms with van der Waals surface area (Å²) >= 11 is 0. The summed E-state index contributed by atoms with van der Waals surface area (Å²) in [6, 6.07) is 12.0. The van der Waals surface area contributed by atoms with Crippen molar-refractivity contribution in [1.82, 2.24) is 9.88 Å². The third-order valence-corrected chi connectivity index (χ3v) is 4.68. The maximum Gasteiger partial charge on any atom is 0.321 e. The Balaban J connectivity index is 1.43. The van der Waals surface area contributed by atoms with Gasteiger partial charge in [-0.05, 0) is 42.5 Å². The van der Waals surface area contributed by atoms with E-state index in [4.69, 9.17) is 0 Å². The molecule has 2 heterocycles. The molecule has 1 aliphatic rings. The highest BCUT2D eigenvalue weighted by atomic mass is 19.1. The predicted molar refractivity (Wildman–Crippen MR) is 101 cm³/mol. The van der Waals surface area contributed by atoms with Crippen molar-refractivity contribution in [3.8, 4) is 0 Å². The molecule has 1 fully saturated rings. The summed E-state index contributed by atoms with van der Waals surface area (Å²) in [6.45, 7) is 2.43. The van der Waals surface area contributed by atoms with Gasteiger partial charge in [0.15, 0.2) is 0 Å². The van der Waals surface area contributed by atoms with Crippen LogP contribution in [0.3, 0.4) is 0 Å². The molecule has 3 aromatic rings. The number of rotatable bonds is 2. The minimum absolute atomic E-state index is 0.206. The normalized spacial score (nSPS) is 14.4. The molecule has 7 heteroatoms. The van der Waals surface area contributed by atoms with Gasteiger partial charge in [0.25, 0.3) is 0 Å². The average molecular weight is 368 g/mol. The first kappa shape index (κ1) is 17.2. The van der Waals surface area contributed by atoms with Crippen LogP contribution in [-0.2, 0) is 0 Å². The minimum Gasteiger partial charge on any atom is -0.367 e. The van der Waals surface area contributed by atoms with Crippen LogP contribution in [0.25, 0.3) is 10.9 Å². The summed E-state index contributed by atoms with van der Waals surface area (Å²) in [4.78, 5) is 20.5. The summed E-state index contributed by atoms with van der Waals surface area (Å²) in [5.41, 5.74) is 2.16. The molecule has 138 valence electrons. The van der Waals surface area contributed by atoms with Crippen molar-refractivity contribution in [1.29, 1.82) is 0 Å². The Bertz CT molecular complexity index is 969. The van der Waals surface area contributed by atoms with Gasteiger partial charge in [-0.1, -0.05) is 0 Å². The Morgan fingerprint density at radius 3 is 2.37 bits per heavy atom. The monoisotopic (exact) mass is 368 g/mol. The highest BCUT2D eigenvalue weighted by Gasteiger charge is 2.22. The lowest BCUT2D eigenvalue weighted by Crippen LogP contribution is -2.50. The van der Waals surface area contributed by atoms with Crippen molar-refractivity contribution in [3.63, 3.8) is 0 Å². The topological polar surface area (TPSA) is 48.5 Å². The average Bonchev–Trinajstić information content (AvgIpc) is 2.69. The predicted octanol–water partition coefficient (Wildman–Crippen LogP) is 3.87.